The maximum absolute atomic E-state index is 4.82. The van der Waals surface area contributed by atoms with E-state index < -0.39 is 0 Å². The van der Waals surface area contributed by atoms with Crippen molar-refractivity contribution in [3.05, 3.63) is 65.1 Å². The second-order valence-corrected chi connectivity index (χ2v) is 7.52. The minimum atomic E-state index is 0.916. The van der Waals surface area contributed by atoms with Crippen molar-refractivity contribution >= 4 is 28.3 Å². The van der Waals surface area contributed by atoms with Crippen molar-refractivity contribution in [2.75, 3.05) is 17.6 Å². The topological polar surface area (TPSA) is 41.7 Å². The maximum atomic E-state index is 4.82. The van der Waals surface area contributed by atoms with Gasteiger partial charge in [-0.15, -0.1) is 0 Å². The Morgan fingerprint density at radius 3 is 2.92 bits per heavy atom. The molecule has 4 nitrogen and oxygen atoms in total. The molecule has 4 rings (SSSR count). The first-order chi connectivity index (χ1) is 12.2. The fourth-order valence-electron chi connectivity index (χ4n) is 3.16. The summed E-state index contributed by atoms with van der Waals surface area (Å²) in [5.41, 5.74) is 7.14. The Balaban J connectivity index is 1.48. The van der Waals surface area contributed by atoms with Crippen molar-refractivity contribution in [3.8, 4) is 0 Å². The van der Waals surface area contributed by atoms with Gasteiger partial charge in [0.1, 0.15) is 5.65 Å². The standard InChI is InChI=1S/C20H22N4S/c1-14-8-10-24-15(2)18(23-19(24)12-14)7-6-16-4-3-5-17(13-16)22-20-21-9-11-25-20/h3-5,8,10,12-13H,6-7,9,11H2,1-2H3,(H,21,22). The van der Waals surface area contributed by atoms with Crippen LogP contribution in [0.15, 0.2) is 47.6 Å². The lowest BCUT2D eigenvalue weighted by molar-refractivity contribution is 0.911. The molecule has 1 N–H and O–H groups in total. The molecule has 1 aliphatic rings. The Hall–Kier alpha value is -2.27. The highest BCUT2D eigenvalue weighted by Gasteiger charge is 2.10. The summed E-state index contributed by atoms with van der Waals surface area (Å²) in [6, 6.07) is 12.9. The molecule has 1 aliphatic heterocycles. The fraction of sp³-hybridized carbons (Fsp3) is 0.300. The van der Waals surface area contributed by atoms with E-state index in [2.05, 4.69) is 71.2 Å². The molecular formula is C20H22N4S. The number of aliphatic imine (C=N–C) groups is 1. The number of nitrogens with one attached hydrogen (secondary N) is 1. The Labute approximate surface area is 152 Å². The number of rotatable bonds is 4. The van der Waals surface area contributed by atoms with Crippen LogP contribution in [-0.4, -0.2) is 26.8 Å². The van der Waals surface area contributed by atoms with Gasteiger partial charge in [0.15, 0.2) is 5.17 Å². The molecule has 0 amide bonds. The Morgan fingerprint density at radius 1 is 1.16 bits per heavy atom. The predicted molar refractivity (Wildman–Crippen MR) is 107 cm³/mol. The van der Waals surface area contributed by atoms with E-state index in [4.69, 9.17) is 4.98 Å². The van der Waals surface area contributed by atoms with Crippen molar-refractivity contribution in [1.82, 2.24) is 9.38 Å². The second kappa shape index (κ2) is 6.92. The SMILES string of the molecule is Cc1ccn2c(C)c(CCc3cccc(NC4=NCCS4)c3)nc2c1. The van der Waals surface area contributed by atoms with Gasteiger partial charge in [-0.2, -0.15) is 0 Å². The maximum Gasteiger partial charge on any atom is 0.161 e. The Bertz CT molecular complexity index is 942. The molecule has 0 radical (unpaired) electrons. The zero-order chi connectivity index (χ0) is 17.2. The molecule has 3 heterocycles. The van der Waals surface area contributed by atoms with Crippen molar-refractivity contribution in [1.29, 1.82) is 0 Å². The Kier molecular flexibility index (Phi) is 4.49. The van der Waals surface area contributed by atoms with Crippen molar-refractivity contribution in [2.45, 2.75) is 26.7 Å². The number of thioether (sulfide) groups is 1. The minimum Gasteiger partial charge on any atom is -0.335 e. The van der Waals surface area contributed by atoms with Gasteiger partial charge in [0.25, 0.3) is 0 Å². The van der Waals surface area contributed by atoms with Crippen LogP contribution in [0.2, 0.25) is 0 Å². The third kappa shape index (κ3) is 3.56. The van der Waals surface area contributed by atoms with Gasteiger partial charge >= 0.3 is 0 Å². The van der Waals surface area contributed by atoms with Crippen molar-refractivity contribution in [3.63, 3.8) is 0 Å². The molecule has 128 valence electrons. The van der Waals surface area contributed by atoms with Gasteiger partial charge in [-0.05, 0) is 62.1 Å². The molecule has 3 aromatic rings. The molecule has 0 bridgehead atoms. The van der Waals surface area contributed by atoms with Gasteiger partial charge in [0, 0.05) is 23.3 Å². The van der Waals surface area contributed by atoms with E-state index >= 15 is 0 Å². The summed E-state index contributed by atoms with van der Waals surface area (Å²) in [5, 5.41) is 4.44. The monoisotopic (exact) mass is 350 g/mol. The van der Waals surface area contributed by atoms with Gasteiger partial charge in [-0.25, -0.2) is 4.98 Å². The number of hydrogen-bond acceptors (Lipinski definition) is 4. The number of aryl methyl sites for hydroxylation is 4. The van der Waals surface area contributed by atoms with E-state index in [0.717, 1.165) is 41.6 Å². The van der Waals surface area contributed by atoms with Crippen LogP contribution in [0.25, 0.3) is 5.65 Å². The normalized spacial score (nSPS) is 14.1. The third-order valence-corrected chi connectivity index (χ3v) is 5.42. The number of nitrogens with zero attached hydrogens (tertiary/aromatic N) is 3. The van der Waals surface area contributed by atoms with Crippen LogP contribution in [0.1, 0.15) is 22.5 Å². The van der Waals surface area contributed by atoms with Crippen LogP contribution >= 0.6 is 11.8 Å². The molecule has 0 atom stereocenters. The van der Waals surface area contributed by atoms with Crippen LogP contribution in [-0.2, 0) is 12.8 Å². The van der Waals surface area contributed by atoms with Crippen molar-refractivity contribution < 1.29 is 0 Å². The molecule has 0 saturated heterocycles. The first kappa shape index (κ1) is 16.2. The first-order valence-electron chi connectivity index (χ1n) is 8.66. The lowest BCUT2D eigenvalue weighted by Crippen LogP contribution is -2.05. The van der Waals surface area contributed by atoms with Gasteiger partial charge in [-0.3, -0.25) is 4.99 Å². The number of hydrogen-bond donors (Lipinski definition) is 1. The minimum absolute atomic E-state index is 0.916. The van der Waals surface area contributed by atoms with Crippen LogP contribution in [0.3, 0.4) is 0 Å². The molecule has 25 heavy (non-hydrogen) atoms. The number of anilines is 1. The third-order valence-electron chi connectivity index (χ3n) is 4.53. The van der Waals surface area contributed by atoms with Crippen LogP contribution in [0.4, 0.5) is 5.69 Å². The van der Waals surface area contributed by atoms with Gasteiger partial charge in [-0.1, -0.05) is 23.9 Å². The van der Waals surface area contributed by atoms with Crippen LogP contribution in [0.5, 0.6) is 0 Å². The average Bonchev–Trinajstić information content (AvgIpc) is 3.21. The highest BCUT2D eigenvalue weighted by Crippen LogP contribution is 2.19. The van der Waals surface area contributed by atoms with Crippen LogP contribution < -0.4 is 5.32 Å². The largest absolute Gasteiger partial charge is 0.335 e. The van der Waals surface area contributed by atoms with Gasteiger partial charge in [0.05, 0.1) is 12.2 Å². The van der Waals surface area contributed by atoms with E-state index in [-0.39, 0.29) is 0 Å². The summed E-state index contributed by atoms with van der Waals surface area (Å²) in [4.78, 5) is 9.27. The summed E-state index contributed by atoms with van der Waals surface area (Å²) < 4.78 is 2.18. The van der Waals surface area contributed by atoms with E-state index in [1.165, 1.54) is 22.5 Å². The molecule has 1 aromatic carbocycles. The quantitative estimate of drug-likeness (QED) is 0.765. The summed E-state index contributed by atoms with van der Waals surface area (Å²) in [6.45, 7) is 5.17. The molecule has 0 unspecified atom stereocenters. The molecular weight excluding hydrogens is 328 g/mol. The van der Waals surface area contributed by atoms with Gasteiger partial charge < -0.3 is 9.72 Å². The zero-order valence-electron chi connectivity index (χ0n) is 14.6. The number of amidine groups is 1. The molecule has 0 saturated carbocycles. The predicted octanol–water partition coefficient (Wildman–Crippen LogP) is 4.25. The number of aromatic nitrogens is 2. The molecule has 0 spiro atoms. The number of fused-ring (bicyclic) bond motifs is 1. The number of imidazole rings is 1. The lowest BCUT2D eigenvalue weighted by Gasteiger charge is -2.07. The van der Waals surface area contributed by atoms with E-state index in [0.29, 0.717) is 0 Å². The number of pyridine rings is 1. The summed E-state index contributed by atoms with van der Waals surface area (Å²) in [7, 11) is 0. The molecule has 0 fully saturated rings. The highest BCUT2D eigenvalue weighted by atomic mass is 32.2. The second-order valence-electron chi connectivity index (χ2n) is 6.44. The molecule has 5 heteroatoms. The highest BCUT2D eigenvalue weighted by molar-refractivity contribution is 8.14. The fourth-order valence-corrected chi connectivity index (χ4v) is 3.90. The molecule has 0 aliphatic carbocycles. The summed E-state index contributed by atoms with van der Waals surface area (Å²) >= 11 is 1.78. The zero-order valence-corrected chi connectivity index (χ0v) is 15.4. The smallest absolute Gasteiger partial charge is 0.161 e. The lowest BCUT2D eigenvalue weighted by atomic mass is 10.1. The summed E-state index contributed by atoms with van der Waals surface area (Å²) in [6.07, 6.45) is 4.05. The summed E-state index contributed by atoms with van der Waals surface area (Å²) in [5.74, 6) is 1.08. The van der Waals surface area contributed by atoms with E-state index in [1.54, 1.807) is 11.8 Å². The van der Waals surface area contributed by atoms with Gasteiger partial charge in [0.2, 0.25) is 0 Å². The Morgan fingerprint density at radius 2 is 2.08 bits per heavy atom. The van der Waals surface area contributed by atoms with Crippen molar-refractivity contribution in [2.24, 2.45) is 4.99 Å². The van der Waals surface area contributed by atoms with E-state index in [1.807, 2.05) is 0 Å². The number of benzene rings is 1. The van der Waals surface area contributed by atoms with E-state index in [9.17, 15) is 0 Å². The van der Waals surface area contributed by atoms with Crippen LogP contribution in [0, 0.1) is 13.8 Å². The average molecular weight is 350 g/mol. The molecule has 2 aromatic heterocycles. The first-order valence-corrected chi connectivity index (χ1v) is 9.65.